The Kier molecular flexibility index (Phi) is 1.17. The first-order valence-corrected chi connectivity index (χ1v) is 2.84. The second-order valence-corrected chi connectivity index (χ2v) is 1.93. The predicted molar refractivity (Wildman–Crippen MR) is 25.8 cm³/mol. The molecule has 5 nitrogen and oxygen atoms in total. The van der Waals surface area contributed by atoms with Crippen molar-refractivity contribution in [2.24, 2.45) is 10.3 Å². The lowest BCUT2D eigenvalue weighted by Crippen LogP contribution is -2.59. The lowest BCUT2D eigenvalue weighted by atomic mass is 10.8. The first-order chi connectivity index (χ1) is 3.80. The summed E-state index contributed by atoms with van der Waals surface area (Å²) in [5.74, 6) is 0. The van der Waals surface area contributed by atoms with Crippen LogP contribution >= 0.6 is 0 Å². The second-order valence-electron chi connectivity index (χ2n) is 1.05. The fourth-order valence-electron chi connectivity index (χ4n) is 0.273. The van der Waals surface area contributed by atoms with Gasteiger partial charge in [0.2, 0.25) is 0 Å². The minimum absolute atomic E-state index is 0.0648. The Balaban J connectivity index is 3.29. The van der Waals surface area contributed by atoms with Gasteiger partial charge in [0.1, 0.15) is 5.22 Å². The van der Waals surface area contributed by atoms with Crippen LogP contribution in [0, 0.1) is 0 Å². The van der Waals surface area contributed by atoms with Gasteiger partial charge in [-0.15, -0.1) is 5.10 Å². The van der Waals surface area contributed by atoms with E-state index in [1.807, 2.05) is 0 Å². The number of hydrogen-bond acceptors (Lipinski definition) is 3. The summed E-state index contributed by atoms with van der Waals surface area (Å²) in [6, 6.07) is 0. The molecule has 0 saturated carbocycles. The van der Waals surface area contributed by atoms with Crippen molar-refractivity contribution in [2.45, 2.75) is 0 Å². The number of rotatable bonds is 0. The summed E-state index contributed by atoms with van der Waals surface area (Å²) < 4.78 is 19.9. The minimum Gasteiger partial charge on any atom is -0.180 e. The molecule has 8 heavy (non-hydrogen) atoms. The zero-order valence-electron chi connectivity index (χ0n) is 3.70. The van der Waals surface area contributed by atoms with Gasteiger partial charge in [-0.3, -0.25) is 0 Å². The fraction of sp³-hybridized carbons (Fsp3) is 0. The Morgan fingerprint density at radius 2 is 2.38 bits per heavy atom. The van der Waals surface area contributed by atoms with Gasteiger partial charge in [0.05, 0.1) is 5.11 Å². The van der Waals surface area contributed by atoms with Crippen molar-refractivity contribution in [2.75, 3.05) is 0 Å². The molecule has 1 aliphatic heterocycles. The maximum Gasteiger partial charge on any atom is 0.361 e. The number of hydrogen-bond donors (Lipinski definition) is 1. The van der Waals surface area contributed by atoms with Crippen LogP contribution in [0.2, 0.25) is 0 Å². The van der Waals surface area contributed by atoms with Gasteiger partial charge in [0.25, 0.3) is 10.3 Å². The molecule has 0 saturated heterocycles. The number of nitrogens with one attached hydrogen (secondary N) is 1. The van der Waals surface area contributed by atoms with Crippen molar-refractivity contribution in [3.05, 3.63) is 0 Å². The molecule has 1 aliphatic rings. The third kappa shape index (κ3) is 0.784. The van der Waals surface area contributed by atoms with Crippen LogP contribution in [0.4, 0.5) is 0 Å². The summed E-state index contributed by atoms with van der Waals surface area (Å²) in [5.41, 5.74) is 0. The Morgan fingerprint density at radius 3 is 2.62 bits per heavy atom. The van der Waals surface area contributed by atoms with Crippen LogP contribution in [0.15, 0.2) is 10.3 Å². The molecule has 0 atom stereocenters. The van der Waals surface area contributed by atoms with E-state index < -0.39 is 10.3 Å². The molecule has 0 spiro atoms. The molecule has 1 rings (SSSR count). The van der Waals surface area contributed by atoms with Crippen molar-refractivity contribution in [1.82, 2.24) is 0 Å². The summed E-state index contributed by atoms with van der Waals surface area (Å²) in [5, 5.41) is 8.63. The molecule has 1 N–H and O–H groups in total. The van der Waals surface area contributed by atoms with E-state index in [2.05, 4.69) is 15.4 Å². The summed E-state index contributed by atoms with van der Waals surface area (Å²) in [6.07, 6.45) is 1.20. The third-order valence-electron chi connectivity index (χ3n) is 0.565. The fourth-order valence-corrected chi connectivity index (χ4v) is 0.529. The second kappa shape index (κ2) is 1.83. The first-order valence-electron chi connectivity index (χ1n) is 1.76. The van der Waals surface area contributed by atoms with Crippen LogP contribution < -0.4 is 5.10 Å². The Bertz CT molecular complexity index is 250. The van der Waals surface area contributed by atoms with Gasteiger partial charge in [0.15, 0.2) is 6.21 Å². The molecule has 0 bridgehead atoms. The van der Waals surface area contributed by atoms with Crippen molar-refractivity contribution in [3.8, 4) is 0 Å². The largest absolute Gasteiger partial charge is 0.361 e. The van der Waals surface area contributed by atoms with Crippen molar-refractivity contribution in [3.63, 3.8) is 0 Å². The molecule has 0 amide bonds. The maximum atomic E-state index is 9.94. The summed E-state index contributed by atoms with van der Waals surface area (Å²) in [7, 11) is -2.25. The Morgan fingerprint density at radius 1 is 1.62 bits per heavy atom. The van der Waals surface area contributed by atoms with Gasteiger partial charge >= 0.3 is 4.99 Å². The van der Waals surface area contributed by atoms with E-state index in [1.165, 1.54) is 6.21 Å². The van der Waals surface area contributed by atoms with Gasteiger partial charge in [-0.05, 0) is 0 Å². The van der Waals surface area contributed by atoms with E-state index in [1.54, 1.807) is 0 Å². The van der Waals surface area contributed by atoms with E-state index >= 15 is 0 Å². The van der Waals surface area contributed by atoms with E-state index in [0.29, 0.717) is 0 Å². The molecular formula is C2H2N3O2S+. The van der Waals surface area contributed by atoms with E-state index in [0.717, 1.165) is 0 Å². The standard InChI is InChI=1S/C2HN3O2S/c6-8(7)2-1-3-5-4-2/h1H/p+1. The minimum atomic E-state index is -2.25. The van der Waals surface area contributed by atoms with Gasteiger partial charge in [-0.2, -0.15) is 8.42 Å². The van der Waals surface area contributed by atoms with E-state index in [-0.39, 0.29) is 4.99 Å². The monoisotopic (exact) mass is 132 g/mol. The quantitative estimate of drug-likeness (QED) is 0.371. The zero-order valence-corrected chi connectivity index (χ0v) is 4.51. The molecule has 6 heteroatoms. The van der Waals surface area contributed by atoms with Crippen molar-refractivity contribution in [1.29, 1.82) is 0 Å². The highest BCUT2D eigenvalue weighted by atomic mass is 32.2. The molecule has 0 aromatic heterocycles. The SMILES string of the molecule is O=S(=O)=C1C=[NH+]N=N1. The molecule has 0 fully saturated rings. The van der Waals surface area contributed by atoms with Crippen LogP contribution in [-0.4, -0.2) is 19.6 Å². The van der Waals surface area contributed by atoms with Gasteiger partial charge in [-0.25, -0.2) is 0 Å². The molecule has 42 valence electrons. The van der Waals surface area contributed by atoms with E-state index in [9.17, 15) is 8.42 Å². The lowest BCUT2D eigenvalue weighted by molar-refractivity contribution is -0.460. The highest BCUT2D eigenvalue weighted by Gasteiger charge is 2.08. The highest BCUT2D eigenvalue weighted by molar-refractivity contribution is 7.74. The summed E-state index contributed by atoms with van der Waals surface area (Å²) in [6.45, 7) is 0. The molecule has 0 unspecified atom stereocenters. The average Bonchev–Trinajstić information content (AvgIpc) is 2.12. The Hall–Kier alpha value is -1.04. The third-order valence-corrected chi connectivity index (χ3v) is 1.11. The van der Waals surface area contributed by atoms with Crippen LogP contribution in [0.5, 0.6) is 0 Å². The van der Waals surface area contributed by atoms with Crippen LogP contribution in [0.1, 0.15) is 0 Å². The molecule has 0 aromatic rings. The van der Waals surface area contributed by atoms with Gasteiger partial charge in [-0.1, -0.05) is 0 Å². The maximum absolute atomic E-state index is 9.94. The summed E-state index contributed by atoms with van der Waals surface area (Å²) in [4.78, 5) is -0.0648. The normalized spacial score (nSPS) is 15.2. The molecule has 0 radical (unpaired) electrons. The van der Waals surface area contributed by atoms with Crippen molar-refractivity contribution >= 4 is 21.5 Å². The summed E-state index contributed by atoms with van der Waals surface area (Å²) >= 11 is 0. The zero-order chi connectivity index (χ0) is 5.98. The molecule has 1 heterocycles. The Labute approximate surface area is 46.3 Å². The van der Waals surface area contributed by atoms with Gasteiger partial charge in [0, 0.05) is 0 Å². The predicted octanol–water partition coefficient (Wildman–Crippen LogP) is -2.47. The van der Waals surface area contributed by atoms with Crippen LogP contribution in [0.3, 0.4) is 0 Å². The van der Waals surface area contributed by atoms with Gasteiger partial charge < -0.3 is 0 Å². The smallest absolute Gasteiger partial charge is 0.180 e. The molecule has 0 aromatic carbocycles. The lowest BCUT2D eigenvalue weighted by Gasteiger charge is -1.51. The van der Waals surface area contributed by atoms with Crippen LogP contribution in [0.25, 0.3) is 0 Å². The molecular weight excluding hydrogens is 130 g/mol. The first kappa shape index (κ1) is 5.10. The van der Waals surface area contributed by atoms with Crippen molar-refractivity contribution < 1.29 is 13.5 Å². The highest BCUT2D eigenvalue weighted by Crippen LogP contribution is 1.70. The van der Waals surface area contributed by atoms with E-state index in [4.69, 9.17) is 0 Å². The van der Waals surface area contributed by atoms with Crippen LogP contribution in [-0.2, 0) is 10.3 Å². The number of nitrogens with zero attached hydrogens (tertiary/aromatic N) is 2. The average molecular weight is 132 g/mol. The molecule has 0 aliphatic carbocycles. The topological polar surface area (TPSA) is 72.8 Å².